The van der Waals surface area contributed by atoms with Gasteiger partial charge in [0.1, 0.15) is 5.69 Å². The normalized spacial score (nSPS) is 16.1. The van der Waals surface area contributed by atoms with Gasteiger partial charge in [-0.05, 0) is 37.0 Å². The molecule has 0 saturated heterocycles. The van der Waals surface area contributed by atoms with E-state index in [2.05, 4.69) is 20.4 Å². The molecule has 0 aliphatic heterocycles. The first-order valence-corrected chi connectivity index (χ1v) is 8.94. The van der Waals surface area contributed by atoms with E-state index in [0.29, 0.717) is 12.2 Å². The fraction of sp³-hybridized carbons (Fsp3) is 0.263. The first-order chi connectivity index (χ1) is 12.7. The molecule has 2 aromatic heterocycles. The summed E-state index contributed by atoms with van der Waals surface area (Å²) in [6.45, 7) is 0.692. The minimum Gasteiger partial charge on any atom is -0.344 e. The van der Waals surface area contributed by atoms with Gasteiger partial charge in [-0.15, -0.1) is 0 Å². The highest BCUT2D eigenvalue weighted by Gasteiger charge is 2.26. The largest absolute Gasteiger partial charge is 0.344 e. The number of hydrogen-bond donors (Lipinski definition) is 1. The zero-order chi connectivity index (χ0) is 17.9. The molecule has 4 rings (SSSR count). The molecule has 0 saturated carbocycles. The summed E-state index contributed by atoms with van der Waals surface area (Å²) < 4.78 is 2.01. The molecule has 132 valence electrons. The van der Waals surface area contributed by atoms with Crippen molar-refractivity contribution >= 4 is 17.5 Å². The number of nitrogens with zero attached hydrogens (tertiary/aromatic N) is 4. The predicted molar refractivity (Wildman–Crippen MR) is 98.0 cm³/mol. The Kier molecular flexibility index (Phi) is 4.67. The van der Waals surface area contributed by atoms with E-state index in [4.69, 9.17) is 11.6 Å². The first kappa shape index (κ1) is 16.7. The Morgan fingerprint density at radius 1 is 1.23 bits per heavy atom. The van der Waals surface area contributed by atoms with Gasteiger partial charge in [0.05, 0.1) is 25.0 Å². The van der Waals surface area contributed by atoms with Crippen LogP contribution in [0.1, 0.15) is 46.2 Å². The summed E-state index contributed by atoms with van der Waals surface area (Å²) in [6, 6.07) is 7.74. The van der Waals surface area contributed by atoms with Crippen LogP contribution in [0, 0.1) is 0 Å². The van der Waals surface area contributed by atoms with E-state index < -0.39 is 0 Å². The maximum absolute atomic E-state index is 12.4. The Hall–Kier alpha value is -2.73. The van der Waals surface area contributed by atoms with Crippen LogP contribution in [0.3, 0.4) is 0 Å². The molecule has 7 heteroatoms. The average Bonchev–Trinajstić information content (AvgIpc) is 3.08. The van der Waals surface area contributed by atoms with E-state index in [1.807, 2.05) is 35.1 Å². The number of halogens is 1. The highest BCUT2D eigenvalue weighted by molar-refractivity contribution is 6.30. The fourth-order valence-electron chi connectivity index (χ4n) is 3.32. The molecule has 0 spiro atoms. The van der Waals surface area contributed by atoms with Crippen molar-refractivity contribution in [2.75, 3.05) is 0 Å². The number of fused-ring (bicyclic) bond motifs is 1. The van der Waals surface area contributed by atoms with E-state index in [1.54, 1.807) is 6.20 Å². The minimum absolute atomic E-state index is 0.0489. The SMILES string of the molecule is O=C(N[C@H]1CCCc2c1cnn2Cc1ccc(Cl)cc1)c1cnccn1. The van der Waals surface area contributed by atoms with Gasteiger partial charge >= 0.3 is 0 Å². The van der Waals surface area contributed by atoms with Gasteiger partial charge in [0.15, 0.2) is 0 Å². The minimum atomic E-state index is -0.207. The van der Waals surface area contributed by atoms with Gasteiger partial charge in [0, 0.05) is 28.7 Å². The average molecular weight is 368 g/mol. The summed E-state index contributed by atoms with van der Waals surface area (Å²) in [5, 5.41) is 8.34. The second-order valence-corrected chi connectivity index (χ2v) is 6.78. The van der Waals surface area contributed by atoms with Crippen LogP contribution in [0.4, 0.5) is 0 Å². The Labute approximate surface area is 156 Å². The number of hydrogen-bond acceptors (Lipinski definition) is 4. The van der Waals surface area contributed by atoms with Crippen molar-refractivity contribution in [1.82, 2.24) is 25.1 Å². The molecule has 1 aliphatic carbocycles. The Bertz CT molecular complexity index is 907. The van der Waals surface area contributed by atoms with E-state index in [1.165, 1.54) is 18.1 Å². The van der Waals surface area contributed by atoms with E-state index in [9.17, 15) is 4.79 Å². The summed E-state index contributed by atoms with van der Waals surface area (Å²) in [7, 11) is 0. The molecule has 2 heterocycles. The van der Waals surface area contributed by atoms with Crippen LogP contribution in [-0.2, 0) is 13.0 Å². The van der Waals surface area contributed by atoms with E-state index in [0.717, 1.165) is 35.4 Å². The third kappa shape index (κ3) is 3.46. The maximum Gasteiger partial charge on any atom is 0.271 e. The van der Waals surface area contributed by atoms with Crippen molar-refractivity contribution in [3.05, 3.63) is 76.6 Å². The first-order valence-electron chi connectivity index (χ1n) is 8.56. The van der Waals surface area contributed by atoms with Crippen molar-refractivity contribution in [3.63, 3.8) is 0 Å². The van der Waals surface area contributed by atoms with Crippen LogP contribution in [0.2, 0.25) is 5.02 Å². The summed E-state index contributed by atoms with van der Waals surface area (Å²) in [6.07, 6.45) is 9.27. The van der Waals surface area contributed by atoms with Gasteiger partial charge in [-0.3, -0.25) is 14.5 Å². The van der Waals surface area contributed by atoms with Gasteiger partial charge in [0.25, 0.3) is 5.91 Å². The van der Waals surface area contributed by atoms with Crippen LogP contribution >= 0.6 is 11.6 Å². The molecule has 1 aliphatic rings. The number of rotatable bonds is 4. The lowest BCUT2D eigenvalue weighted by atomic mass is 9.92. The molecule has 0 unspecified atom stereocenters. The molecule has 3 aromatic rings. The van der Waals surface area contributed by atoms with Gasteiger partial charge in [-0.2, -0.15) is 5.10 Å². The molecular weight excluding hydrogens is 350 g/mol. The highest BCUT2D eigenvalue weighted by Crippen LogP contribution is 2.30. The number of amides is 1. The third-order valence-electron chi connectivity index (χ3n) is 4.61. The van der Waals surface area contributed by atoms with Gasteiger partial charge < -0.3 is 5.32 Å². The third-order valence-corrected chi connectivity index (χ3v) is 4.86. The second kappa shape index (κ2) is 7.25. The monoisotopic (exact) mass is 367 g/mol. The standard InChI is InChI=1S/C19H18ClN5O/c20-14-6-4-13(5-7-14)12-25-18-3-1-2-16(15(18)10-23-25)24-19(26)17-11-21-8-9-22-17/h4-11,16H,1-3,12H2,(H,24,26)/t16-/m0/s1. The maximum atomic E-state index is 12.4. The molecule has 1 atom stereocenters. The number of carbonyl (C=O) groups is 1. The number of aromatic nitrogens is 4. The smallest absolute Gasteiger partial charge is 0.271 e. The van der Waals surface area contributed by atoms with Crippen LogP contribution in [0.25, 0.3) is 0 Å². The predicted octanol–water partition coefficient (Wildman–Crippen LogP) is 3.18. The van der Waals surface area contributed by atoms with Crippen LogP contribution < -0.4 is 5.32 Å². The summed E-state index contributed by atoms with van der Waals surface area (Å²) in [5.74, 6) is -0.207. The molecule has 1 N–H and O–H groups in total. The van der Waals surface area contributed by atoms with Crippen molar-refractivity contribution in [2.24, 2.45) is 0 Å². The molecule has 1 aromatic carbocycles. The van der Waals surface area contributed by atoms with Crippen LogP contribution in [-0.4, -0.2) is 25.7 Å². The molecule has 1 amide bonds. The second-order valence-electron chi connectivity index (χ2n) is 6.34. The Morgan fingerprint density at radius 3 is 2.85 bits per heavy atom. The molecule has 0 fully saturated rings. The molecule has 6 nitrogen and oxygen atoms in total. The van der Waals surface area contributed by atoms with Gasteiger partial charge in [0.2, 0.25) is 0 Å². The quantitative estimate of drug-likeness (QED) is 0.768. The van der Waals surface area contributed by atoms with Crippen molar-refractivity contribution in [3.8, 4) is 0 Å². The topological polar surface area (TPSA) is 72.7 Å². The summed E-state index contributed by atoms with van der Waals surface area (Å²) >= 11 is 5.95. The number of nitrogens with one attached hydrogen (secondary N) is 1. The molecule has 0 radical (unpaired) electrons. The molecular formula is C19H18ClN5O. The Balaban J connectivity index is 1.53. The molecule has 26 heavy (non-hydrogen) atoms. The fourth-order valence-corrected chi connectivity index (χ4v) is 3.44. The lowest BCUT2D eigenvalue weighted by molar-refractivity contribution is 0.0927. The number of carbonyl (C=O) groups excluding carboxylic acids is 1. The van der Waals surface area contributed by atoms with E-state index >= 15 is 0 Å². The van der Waals surface area contributed by atoms with Crippen LogP contribution in [0.15, 0.2) is 49.1 Å². The summed E-state index contributed by atoms with van der Waals surface area (Å²) in [5.41, 5.74) is 3.73. The number of benzene rings is 1. The lowest BCUT2D eigenvalue weighted by Crippen LogP contribution is -2.31. The zero-order valence-corrected chi connectivity index (χ0v) is 14.9. The zero-order valence-electron chi connectivity index (χ0n) is 14.1. The van der Waals surface area contributed by atoms with Gasteiger partial charge in [-0.25, -0.2) is 4.98 Å². The lowest BCUT2D eigenvalue weighted by Gasteiger charge is -2.24. The molecule has 0 bridgehead atoms. The summed E-state index contributed by atoms with van der Waals surface area (Å²) in [4.78, 5) is 20.4. The van der Waals surface area contributed by atoms with Crippen molar-refractivity contribution in [1.29, 1.82) is 0 Å². The van der Waals surface area contributed by atoms with E-state index in [-0.39, 0.29) is 11.9 Å². The highest BCUT2D eigenvalue weighted by atomic mass is 35.5. The van der Waals surface area contributed by atoms with Crippen LogP contribution in [0.5, 0.6) is 0 Å². The van der Waals surface area contributed by atoms with Crippen molar-refractivity contribution < 1.29 is 4.79 Å². The van der Waals surface area contributed by atoms with Gasteiger partial charge in [-0.1, -0.05) is 23.7 Å². The Morgan fingerprint density at radius 2 is 2.08 bits per heavy atom. The van der Waals surface area contributed by atoms with Crippen molar-refractivity contribution in [2.45, 2.75) is 31.8 Å².